The SMILES string of the molecule is CCN(CCOC)C(=O)c1cc(Cl)c(Cl)c(S(=O)(=O)Cl)c1. The third-order valence-corrected chi connectivity index (χ3v) is 5.00. The number of halogens is 3. The molecular formula is C12H14Cl3NO4S. The molecule has 0 aromatic heterocycles. The summed E-state index contributed by atoms with van der Waals surface area (Å²) in [6.07, 6.45) is 0. The van der Waals surface area contributed by atoms with Crippen LogP contribution in [0.2, 0.25) is 10.0 Å². The number of hydrogen-bond donors (Lipinski definition) is 0. The van der Waals surface area contributed by atoms with Gasteiger partial charge in [-0.25, -0.2) is 8.42 Å². The third-order valence-electron chi connectivity index (χ3n) is 2.74. The topological polar surface area (TPSA) is 63.7 Å². The van der Waals surface area contributed by atoms with E-state index in [1.54, 1.807) is 6.92 Å². The molecule has 1 amide bonds. The number of carbonyl (C=O) groups is 1. The van der Waals surface area contributed by atoms with Crippen LogP contribution >= 0.6 is 33.9 Å². The lowest BCUT2D eigenvalue weighted by molar-refractivity contribution is 0.0706. The Kier molecular flexibility index (Phi) is 6.74. The predicted molar refractivity (Wildman–Crippen MR) is 83.0 cm³/mol. The van der Waals surface area contributed by atoms with Gasteiger partial charge < -0.3 is 9.64 Å². The van der Waals surface area contributed by atoms with Gasteiger partial charge in [0, 0.05) is 36.4 Å². The minimum absolute atomic E-state index is 0.0514. The summed E-state index contributed by atoms with van der Waals surface area (Å²) in [5, 5.41) is -0.257. The second-order valence-electron chi connectivity index (χ2n) is 4.09. The molecule has 0 saturated carbocycles. The second-order valence-corrected chi connectivity index (χ2v) is 7.41. The molecule has 0 aliphatic carbocycles. The highest BCUT2D eigenvalue weighted by Crippen LogP contribution is 2.33. The van der Waals surface area contributed by atoms with Crippen molar-refractivity contribution in [1.29, 1.82) is 0 Å². The molecule has 0 atom stereocenters. The van der Waals surface area contributed by atoms with Crippen molar-refractivity contribution >= 4 is 48.8 Å². The molecule has 1 aromatic carbocycles. The van der Waals surface area contributed by atoms with E-state index >= 15 is 0 Å². The summed E-state index contributed by atoms with van der Waals surface area (Å²) in [5.74, 6) is -0.380. The van der Waals surface area contributed by atoms with Gasteiger partial charge in [-0.2, -0.15) is 0 Å². The molecule has 0 bridgehead atoms. The lowest BCUT2D eigenvalue weighted by Gasteiger charge is -2.21. The van der Waals surface area contributed by atoms with E-state index in [1.165, 1.54) is 18.1 Å². The highest BCUT2D eigenvalue weighted by molar-refractivity contribution is 8.13. The molecule has 0 fully saturated rings. The van der Waals surface area contributed by atoms with Crippen molar-refractivity contribution < 1.29 is 17.9 Å². The van der Waals surface area contributed by atoms with Crippen molar-refractivity contribution in [2.45, 2.75) is 11.8 Å². The summed E-state index contributed by atoms with van der Waals surface area (Å²) in [6, 6.07) is 2.43. The Morgan fingerprint density at radius 3 is 2.43 bits per heavy atom. The number of amides is 1. The highest BCUT2D eigenvalue weighted by Gasteiger charge is 2.22. The van der Waals surface area contributed by atoms with Gasteiger partial charge in [0.1, 0.15) is 4.90 Å². The Morgan fingerprint density at radius 1 is 1.33 bits per heavy atom. The molecule has 0 aliphatic heterocycles. The van der Waals surface area contributed by atoms with E-state index in [-0.39, 0.29) is 26.4 Å². The Hall–Kier alpha value is -0.530. The number of nitrogens with zero attached hydrogens (tertiary/aromatic N) is 1. The van der Waals surface area contributed by atoms with Gasteiger partial charge in [-0.05, 0) is 19.1 Å². The van der Waals surface area contributed by atoms with E-state index < -0.39 is 9.05 Å². The maximum Gasteiger partial charge on any atom is 0.262 e. The molecule has 0 radical (unpaired) electrons. The van der Waals surface area contributed by atoms with Crippen LogP contribution in [0.25, 0.3) is 0 Å². The van der Waals surface area contributed by atoms with Crippen molar-refractivity contribution in [3.8, 4) is 0 Å². The van der Waals surface area contributed by atoms with E-state index in [4.69, 9.17) is 38.6 Å². The van der Waals surface area contributed by atoms with Crippen molar-refractivity contribution in [1.82, 2.24) is 4.90 Å². The first-order chi connectivity index (χ1) is 9.72. The fraction of sp³-hybridized carbons (Fsp3) is 0.417. The van der Waals surface area contributed by atoms with Crippen LogP contribution in [-0.2, 0) is 13.8 Å². The zero-order valence-electron chi connectivity index (χ0n) is 11.4. The summed E-state index contributed by atoms with van der Waals surface area (Å²) >= 11 is 11.7. The molecule has 0 N–H and O–H groups in total. The van der Waals surface area contributed by atoms with Gasteiger partial charge in [-0.15, -0.1) is 0 Å². The first kappa shape index (κ1) is 18.5. The maximum absolute atomic E-state index is 12.4. The van der Waals surface area contributed by atoms with Crippen LogP contribution < -0.4 is 0 Å². The predicted octanol–water partition coefficient (Wildman–Crippen LogP) is 3.03. The highest BCUT2D eigenvalue weighted by atomic mass is 35.7. The van der Waals surface area contributed by atoms with E-state index in [1.807, 2.05) is 0 Å². The lowest BCUT2D eigenvalue weighted by atomic mass is 10.2. The van der Waals surface area contributed by atoms with Gasteiger partial charge in [-0.1, -0.05) is 23.2 Å². The van der Waals surface area contributed by atoms with Crippen LogP contribution in [0.4, 0.5) is 0 Å². The van der Waals surface area contributed by atoms with Crippen LogP contribution in [0.3, 0.4) is 0 Å². The molecule has 9 heteroatoms. The molecule has 0 aliphatic rings. The first-order valence-electron chi connectivity index (χ1n) is 5.94. The van der Waals surface area contributed by atoms with Gasteiger partial charge in [0.15, 0.2) is 0 Å². The molecule has 1 rings (SSSR count). The van der Waals surface area contributed by atoms with E-state index in [9.17, 15) is 13.2 Å². The van der Waals surface area contributed by atoms with Gasteiger partial charge in [-0.3, -0.25) is 4.79 Å². The summed E-state index contributed by atoms with van der Waals surface area (Å²) in [7, 11) is 2.72. The first-order valence-corrected chi connectivity index (χ1v) is 9.00. The molecule has 0 heterocycles. The second kappa shape index (κ2) is 7.65. The maximum atomic E-state index is 12.4. The van der Waals surface area contributed by atoms with Gasteiger partial charge >= 0.3 is 0 Å². The van der Waals surface area contributed by atoms with Crippen LogP contribution in [-0.4, -0.2) is 46.0 Å². The Morgan fingerprint density at radius 2 is 1.95 bits per heavy atom. The van der Waals surface area contributed by atoms with E-state index in [2.05, 4.69) is 0 Å². The smallest absolute Gasteiger partial charge is 0.262 e. The van der Waals surface area contributed by atoms with E-state index in [0.717, 1.165) is 6.07 Å². The third kappa shape index (κ3) is 4.72. The number of hydrogen-bond acceptors (Lipinski definition) is 4. The fourth-order valence-electron chi connectivity index (χ4n) is 1.65. The average molecular weight is 375 g/mol. The molecule has 5 nitrogen and oxygen atoms in total. The van der Waals surface area contributed by atoms with Gasteiger partial charge in [0.2, 0.25) is 0 Å². The monoisotopic (exact) mass is 373 g/mol. The minimum Gasteiger partial charge on any atom is -0.383 e. The lowest BCUT2D eigenvalue weighted by Crippen LogP contribution is -2.33. The Bertz CT molecular complexity index is 634. The zero-order valence-corrected chi connectivity index (χ0v) is 14.5. The Balaban J connectivity index is 3.25. The number of rotatable bonds is 6. The van der Waals surface area contributed by atoms with Crippen LogP contribution in [0, 0.1) is 0 Å². The number of likely N-dealkylation sites (N-methyl/N-ethyl adjacent to an activating group) is 1. The van der Waals surface area contributed by atoms with Crippen molar-refractivity contribution in [3.05, 3.63) is 27.7 Å². The zero-order chi connectivity index (χ0) is 16.2. The summed E-state index contributed by atoms with van der Waals surface area (Å²) in [5.41, 5.74) is 0.0987. The standard InChI is InChI=1S/C12H14Cl3NO4S/c1-3-16(4-5-20-2)12(17)8-6-9(13)11(14)10(7-8)21(15,18)19/h6-7H,3-5H2,1-2H3. The molecule has 1 aromatic rings. The number of methoxy groups -OCH3 is 1. The summed E-state index contributed by atoms with van der Waals surface area (Å²) in [6.45, 7) is 2.96. The number of carbonyl (C=O) groups excluding carboxylic acids is 1. The van der Waals surface area contributed by atoms with Crippen LogP contribution in [0.5, 0.6) is 0 Å². The van der Waals surface area contributed by atoms with Gasteiger partial charge in [0.25, 0.3) is 15.0 Å². The average Bonchev–Trinajstić information content (AvgIpc) is 2.40. The largest absolute Gasteiger partial charge is 0.383 e. The summed E-state index contributed by atoms with van der Waals surface area (Å²) < 4.78 is 27.9. The van der Waals surface area contributed by atoms with E-state index in [0.29, 0.717) is 19.7 Å². The quantitative estimate of drug-likeness (QED) is 0.718. The molecular weight excluding hydrogens is 361 g/mol. The molecule has 21 heavy (non-hydrogen) atoms. The van der Waals surface area contributed by atoms with Crippen LogP contribution in [0.15, 0.2) is 17.0 Å². The minimum atomic E-state index is -4.10. The number of ether oxygens (including phenoxy) is 1. The molecule has 118 valence electrons. The van der Waals surface area contributed by atoms with Gasteiger partial charge in [0.05, 0.1) is 16.7 Å². The van der Waals surface area contributed by atoms with Crippen molar-refractivity contribution in [2.75, 3.05) is 26.8 Å². The molecule has 0 spiro atoms. The summed E-state index contributed by atoms with van der Waals surface area (Å²) in [4.78, 5) is 13.5. The molecule has 0 saturated heterocycles. The Labute approximate surface area is 138 Å². The fourth-order valence-corrected chi connectivity index (χ4v) is 3.42. The number of benzene rings is 1. The van der Waals surface area contributed by atoms with Crippen molar-refractivity contribution in [3.63, 3.8) is 0 Å². The normalized spacial score (nSPS) is 11.5. The van der Waals surface area contributed by atoms with Crippen molar-refractivity contribution in [2.24, 2.45) is 0 Å². The van der Waals surface area contributed by atoms with Crippen LogP contribution in [0.1, 0.15) is 17.3 Å². The molecule has 0 unspecified atom stereocenters.